The number of likely N-dealkylation sites (tertiary alicyclic amines) is 1. The molecule has 1 heterocycles. The van der Waals surface area contributed by atoms with Crippen LogP contribution >= 0.6 is 0 Å². The van der Waals surface area contributed by atoms with E-state index in [1.807, 2.05) is 11.9 Å². The molecule has 32 heavy (non-hydrogen) atoms. The summed E-state index contributed by atoms with van der Waals surface area (Å²) in [6, 6.07) is 11.6. The Kier molecular flexibility index (Phi) is 7.21. The van der Waals surface area contributed by atoms with E-state index in [-0.39, 0.29) is 0 Å². The van der Waals surface area contributed by atoms with E-state index in [1.165, 1.54) is 12.1 Å². The molecular weight excluding hydrogens is 452 g/mol. The maximum Gasteiger partial charge on any atom is 0.461 e. The summed E-state index contributed by atoms with van der Waals surface area (Å²) in [5, 5.41) is 9.18. The maximum absolute atomic E-state index is 13.3. The number of benzene rings is 2. The van der Waals surface area contributed by atoms with Crippen LogP contribution in [-0.2, 0) is 15.6 Å². The molecule has 2 aromatic carbocycles. The summed E-state index contributed by atoms with van der Waals surface area (Å²) in [7, 11) is 0.162. The molecule has 1 fully saturated rings. The van der Waals surface area contributed by atoms with Gasteiger partial charge in [-0.1, -0.05) is 24.3 Å². The van der Waals surface area contributed by atoms with Gasteiger partial charge in [-0.25, -0.2) is 5.48 Å². The van der Waals surface area contributed by atoms with E-state index < -0.39 is 39.7 Å². The first-order valence-corrected chi connectivity index (χ1v) is 10.8. The van der Waals surface area contributed by atoms with Crippen LogP contribution in [0.15, 0.2) is 53.4 Å². The minimum absolute atomic E-state index is 0.314. The van der Waals surface area contributed by atoms with Gasteiger partial charge in [0.05, 0.1) is 10.8 Å². The van der Waals surface area contributed by atoms with Crippen molar-refractivity contribution < 1.29 is 36.5 Å². The third-order valence-corrected chi connectivity index (χ3v) is 7.43. The van der Waals surface area contributed by atoms with Crippen LogP contribution < -0.4 is 10.2 Å². The minimum atomic E-state index is -4.59. The molecule has 2 aromatic rings. The predicted octanol–water partition coefficient (Wildman–Crippen LogP) is 3.67. The highest BCUT2D eigenvalue weighted by atomic mass is 32.2. The molecule has 1 atom stereocenters. The minimum Gasteiger partial charge on any atom is -0.428 e. The van der Waals surface area contributed by atoms with E-state index in [0.29, 0.717) is 42.0 Å². The molecule has 0 spiro atoms. The molecule has 0 aliphatic carbocycles. The molecular formula is C21H22F4N2O4S. The van der Waals surface area contributed by atoms with Gasteiger partial charge in [-0.05, 0) is 68.4 Å². The number of halogens is 4. The van der Waals surface area contributed by atoms with E-state index in [1.54, 1.807) is 29.7 Å². The van der Waals surface area contributed by atoms with Crippen molar-refractivity contribution in [1.82, 2.24) is 10.4 Å². The fourth-order valence-corrected chi connectivity index (χ4v) is 5.09. The van der Waals surface area contributed by atoms with Crippen LogP contribution in [0.2, 0.25) is 0 Å². The normalized spacial score (nSPS) is 17.7. The number of hydrogen-bond acceptors (Lipinski definition) is 5. The van der Waals surface area contributed by atoms with Gasteiger partial charge in [0, 0.05) is 4.90 Å². The summed E-state index contributed by atoms with van der Waals surface area (Å²) in [4.78, 5) is 14.8. The third kappa shape index (κ3) is 4.94. The number of nitrogens with zero attached hydrogens (tertiary/aromatic N) is 1. The van der Waals surface area contributed by atoms with Crippen molar-refractivity contribution in [3.8, 4) is 16.9 Å². The first-order chi connectivity index (χ1) is 15.1. The average molecular weight is 474 g/mol. The lowest BCUT2D eigenvalue weighted by atomic mass is 9.95. The van der Waals surface area contributed by atoms with Gasteiger partial charge in [0.1, 0.15) is 10.5 Å². The number of nitrogens with one attached hydrogen (secondary N) is 1. The van der Waals surface area contributed by atoms with E-state index in [0.717, 1.165) is 12.1 Å². The smallest absolute Gasteiger partial charge is 0.428 e. The van der Waals surface area contributed by atoms with Gasteiger partial charge in [-0.3, -0.25) is 14.2 Å². The lowest BCUT2D eigenvalue weighted by molar-refractivity contribution is -0.253. The van der Waals surface area contributed by atoms with Gasteiger partial charge in [0.15, 0.2) is 0 Å². The lowest BCUT2D eigenvalue weighted by Crippen LogP contribution is -2.55. The summed E-state index contributed by atoms with van der Waals surface area (Å²) < 4.78 is 66.6. The molecule has 174 valence electrons. The highest BCUT2D eigenvalue weighted by molar-refractivity contribution is 7.87. The molecule has 3 rings (SSSR count). The van der Waals surface area contributed by atoms with Crippen LogP contribution in [0, 0.1) is 0 Å². The van der Waals surface area contributed by atoms with Gasteiger partial charge in [0.25, 0.3) is 5.91 Å². The third-order valence-electron chi connectivity index (χ3n) is 5.43. The highest BCUT2D eigenvalue weighted by Crippen LogP contribution is 2.34. The maximum atomic E-state index is 13.3. The molecule has 0 radical (unpaired) electrons. The summed E-state index contributed by atoms with van der Waals surface area (Å²) in [6.07, 6.45) is -7.90. The first-order valence-electron chi connectivity index (χ1n) is 9.69. The van der Waals surface area contributed by atoms with Crippen molar-refractivity contribution in [3.05, 3.63) is 48.5 Å². The number of hydroxylamine groups is 1. The summed E-state index contributed by atoms with van der Waals surface area (Å²) >= 11 is 0. The lowest BCUT2D eigenvalue weighted by Gasteiger charge is -2.37. The SMILES string of the molecule is CN1CCC(C(=O)NO)(S(=O)c2ccc(-c3ccc(OC(F)(F)C(F)F)cc3)cc2)CC1. The molecule has 6 nitrogen and oxygen atoms in total. The quantitative estimate of drug-likeness (QED) is 0.364. The summed E-state index contributed by atoms with van der Waals surface area (Å²) in [6.45, 7) is 1.10. The molecule has 11 heteroatoms. The number of carbonyl (C=O) groups is 1. The van der Waals surface area contributed by atoms with Crippen LogP contribution in [0.5, 0.6) is 5.75 Å². The Bertz CT molecular complexity index is 963. The van der Waals surface area contributed by atoms with Crippen LogP contribution in [-0.4, -0.2) is 57.6 Å². The summed E-state index contributed by atoms with van der Waals surface area (Å²) in [5.41, 5.74) is 2.89. The standard InChI is InChI=1S/C21H22F4N2O4S/c1-27-12-10-20(11-13-27,19(28)26-29)32(30)17-8-4-15(5-9-17)14-2-6-16(7-3-14)31-21(24,25)18(22)23/h2-9,18,29H,10-13H2,1H3,(H,26,28). The second kappa shape index (κ2) is 9.55. The van der Waals surface area contributed by atoms with E-state index in [9.17, 15) is 31.8 Å². The number of rotatable bonds is 7. The van der Waals surface area contributed by atoms with Crippen LogP contribution in [0.1, 0.15) is 12.8 Å². The second-order valence-electron chi connectivity index (χ2n) is 7.52. The fourth-order valence-electron chi connectivity index (χ4n) is 3.49. The molecule has 1 saturated heterocycles. The van der Waals surface area contributed by atoms with Gasteiger partial charge in [-0.15, -0.1) is 0 Å². The van der Waals surface area contributed by atoms with E-state index >= 15 is 0 Å². The number of carbonyl (C=O) groups excluding carboxylic acids is 1. The van der Waals surface area contributed by atoms with Crippen molar-refractivity contribution in [2.24, 2.45) is 0 Å². The zero-order valence-electron chi connectivity index (χ0n) is 17.1. The second-order valence-corrected chi connectivity index (χ2v) is 9.31. The summed E-state index contributed by atoms with van der Waals surface area (Å²) in [5.74, 6) is -1.10. The number of hydrogen-bond donors (Lipinski definition) is 2. The molecule has 0 aromatic heterocycles. The molecule has 1 unspecified atom stereocenters. The molecule has 0 saturated carbocycles. The van der Waals surface area contributed by atoms with Gasteiger partial charge in [0.2, 0.25) is 0 Å². The Morgan fingerprint density at radius 1 is 1.09 bits per heavy atom. The topological polar surface area (TPSA) is 78.9 Å². The fraction of sp³-hybridized carbons (Fsp3) is 0.381. The van der Waals surface area contributed by atoms with Gasteiger partial charge < -0.3 is 9.64 Å². The average Bonchev–Trinajstić information content (AvgIpc) is 2.79. The van der Waals surface area contributed by atoms with Crippen LogP contribution in [0.4, 0.5) is 17.6 Å². The monoisotopic (exact) mass is 474 g/mol. The number of amides is 1. The van der Waals surface area contributed by atoms with E-state index in [4.69, 9.17) is 0 Å². The Labute approximate surface area is 184 Å². The van der Waals surface area contributed by atoms with E-state index in [2.05, 4.69) is 4.74 Å². The van der Waals surface area contributed by atoms with Crippen LogP contribution in [0.3, 0.4) is 0 Å². The van der Waals surface area contributed by atoms with Crippen molar-refractivity contribution in [2.75, 3.05) is 20.1 Å². The Hall–Kier alpha value is -2.50. The van der Waals surface area contributed by atoms with Crippen molar-refractivity contribution in [2.45, 2.75) is 35.0 Å². The number of piperidine rings is 1. The van der Waals surface area contributed by atoms with Crippen molar-refractivity contribution in [3.63, 3.8) is 0 Å². The Morgan fingerprint density at radius 3 is 2.06 bits per heavy atom. The molecule has 0 bridgehead atoms. The molecule has 1 aliphatic rings. The first kappa shape index (κ1) is 24.1. The largest absolute Gasteiger partial charge is 0.461 e. The zero-order valence-corrected chi connectivity index (χ0v) is 17.9. The van der Waals surface area contributed by atoms with Gasteiger partial charge in [-0.2, -0.15) is 17.6 Å². The number of ether oxygens (including phenoxy) is 1. The predicted molar refractivity (Wildman–Crippen MR) is 109 cm³/mol. The molecule has 1 amide bonds. The molecule has 2 N–H and O–H groups in total. The Morgan fingerprint density at radius 2 is 1.59 bits per heavy atom. The number of alkyl halides is 4. The highest BCUT2D eigenvalue weighted by Gasteiger charge is 2.47. The van der Waals surface area contributed by atoms with Gasteiger partial charge >= 0.3 is 12.5 Å². The Balaban J connectivity index is 1.78. The zero-order chi connectivity index (χ0) is 23.5. The van der Waals surface area contributed by atoms with Crippen molar-refractivity contribution >= 4 is 16.7 Å². The van der Waals surface area contributed by atoms with Crippen LogP contribution in [0.25, 0.3) is 11.1 Å². The van der Waals surface area contributed by atoms with Crippen molar-refractivity contribution in [1.29, 1.82) is 0 Å². The molecule has 1 aliphatic heterocycles.